The molecule has 0 radical (unpaired) electrons. The Kier molecular flexibility index (Phi) is 5.24. The van der Waals surface area contributed by atoms with E-state index in [0.29, 0.717) is 24.5 Å². The van der Waals surface area contributed by atoms with Crippen molar-refractivity contribution >= 4 is 5.91 Å². The number of amides is 1. The number of hydrogen-bond donors (Lipinski definition) is 1. The molecule has 1 amide bonds. The first-order valence-corrected chi connectivity index (χ1v) is 10.9. The number of nitrogens with zero attached hydrogens (tertiary/aromatic N) is 6. The van der Waals surface area contributed by atoms with Gasteiger partial charge in [-0.25, -0.2) is 4.98 Å². The molecule has 0 bridgehead atoms. The van der Waals surface area contributed by atoms with Gasteiger partial charge in [0.05, 0.1) is 25.6 Å². The van der Waals surface area contributed by atoms with Crippen LogP contribution in [0.3, 0.4) is 0 Å². The van der Waals surface area contributed by atoms with E-state index in [1.807, 2.05) is 53.2 Å². The molecule has 4 atom stereocenters. The summed E-state index contributed by atoms with van der Waals surface area (Å²) in [5.41, 5.74) is 1.55. The second-order valence-corrected chi connectivity index (χ2v) is 8.08. The van der Waals surface area contributed by atoms with Gasteiger partial charge in [0.1, 0.15) is 24.0 Å². The number of rotatable bonds is 6. The molecule has 2 aliphatic rings. The summed E-state index contributed by atoms with van der Waals surface area (Å²) in [6.45, 7) is 0.687. The van der Waals surface area contributed by atoms with Crippen LogP contribution in [-0.2, 0) is 9.47 Å². The average molecular weight is 459 g/mol. The summed E-state index contributed by atoms with van der Waals surface area (Å²) in [6.07, 6.45) is 4.70. The molecule has 0 unspecified atom stereocenters. The minimum Gasteiger partial charge on any atom is -0.423 e. The highest BCUT2D eigenvalue weighted by molar-refractivity contribution is 5.94. The Bertz CT molecular complexity index is 1260. The Morgan fingerprint density at radius 2 is 1.85 bits per heavy atom. The molecule has 6 rings (SSSR count). The molecule has 11 heteroatoms. The molecule has 4 aromatic rings. The molecular formula is C23H21N7O4. The van der Waals surface area contributed by atoms with Crippen LogP contribution in [0.2, 0.25) is 0 Å². The van der Waals surface area contributed by atoms with Gasteiger partial charge < -0.3 is 24.1 Å². The molecule has 0 spiro atoms. The van der Waals surface area contributed by atoms with E-state index in [1.165, 1.54) is 0 Å². The molecule has 2 aromatic carbocycles. The third-order valence-corrected chi connectivity index (χ3v) is 6.00. The van der Waals surface area contributed by atoms with Crippen LogP contribution in [-0.4, -0.2) is 67.1 Å². The van der Waals surface area contributed by atoms with Gasteiger partial charge in [0.2, 0.25) is 0 Å². The molecule has 4 heterocycles. The quantitative estimate of drug-likeness (QED) is 0.464. The molecule has 2 fully saturated rings. The number of hydrogen-bond acceptors (Lipinski definition) is 8. The monoisotopic (exact) mass is 459 g/mol. The number of fused-ring (bicyclic) bond motifs is 1. The Hall–Kier alpha value is -4.09. The van der Waals surface area contributed by atoms with Crippen LogP contribution in [0, 0.1) is 0 Å². The summed E-state index contributed by atoms with van der Waals surface area (Å²) >= 11 is 0. The van der Waals surface area contributed by atoms with Crippen molar-refractivity contribution in [3.05, 3.63) is 78.9 Å². The van der Waals surface area contributed by atoms with Gasteiger partial charge in [-0.05, 0) is 46.8 Å². The van der Waals surface area contributed by atoms with Crippen LogP contribution < -0.4 is 10.1 Å². The van der Waals surface area contributed by atoms with Gasteiger partial charge in [-0.15, -0.1) is 0 Å². The predicted octanol–water partition coefficient (Wildman–Crippen LogP) is 1.79. The fraction of sp³-hybridized carbons (Fsp3) is 0.261. The van der Waals surface area contributed by atoms with E-state index in [0.717, 1.165) is 5.69 Å². The molecule has 0 aliphatic carbocycles. The van der Waals surface area contributed by atoms with E-state index in [1.54, 1.807) is 29.3 Å². The second kappa shape index (κ2) is 8.69. The number of imidazole rings is 1. The number of carbonyl (C=O) groups excluding carboxylic acids is 1. The van der Waals surface area contributed by atoms with Crippen molar-refractivity contribution in [2.45, 2.75) is 24.3 Å². The fourth-order valence-electron chi connectivity index (χ4n) is 4.32. The van der Waals surface area contributed by atoms with E-state index in [2.05, 4.69) is 25.8 Å². The van der Waals surface area contributed by atoms with Crippen LogP contribution in [0.15, 0.2) is 73.3 Å². The van der Waals surface area contributed by atoms with Crippen LogP contribution in [0.4, 0.5) is 0 Å². The van der Waals surface area contributed by atoms with Crippen molar-refractivity contribution in [1.29, 1.82) is 0 Å². The first kappa shape index (κ1) is 20.5. The van der Waals surface area contributed by atoms with Crippen molar-refractivity contribution in [2.75, 3.05) is 13.2 Å². The molecule has 34 heavy (non-hydrogen) atoms. The molecule has 1 N–H and O–H groups in total. The first-order valence-electron chi connectivity index (χ1n) is 10.9. The highest BCUT2D eigenvalue weighted by Gasteiger charge is 2.50. The molecular weight excluding hydrogens is 438 g/mol. The summed E-state index contributed by atoms with van der Waals surface area (Å²) < 4.78 is 21.4. The van der Waals surface area contributed by atoms with E-state index >= 15 is 0 Å². The largest absolute Gasteiger partial charge is 0.423 e. The summed E-state index contributed by atoms with van der Waals surface area (Å²) in [7, 11) is 0. The van der Waals surface area contributed by atoms with Crippen molar-refractivity contribution in [2.24, 2.45) is 0 Å². The third kappa shape index (κ3) is 3.80. The number of carbonyl (C=O) groups is 1. The number of aromatic nitrogens is 6. The second-order valence-electron chi connectivity index (χ2n) is 8.08. The fourth-order valence-corrected chi connectivity index (χ4v) is 4.32. The topological polar surface area (TPSA) is 118 Å². The van der Waals surface area contributed by atoms with Crippen LogP contribution >= 0.6 is 0 Å². The van der Waals surface area contributed by atoms with Gasteiger partial charge >= 0.3 is 6.01 Å². The number of ether oxygens (including phenoxy) is 3. The Morgan fingerprint density at radius 1 is 1.03 bits per heavy atom. The third-order valence-electron chi connectivity index (χ3n) is 6.00. The Morgan fingerprint density at radius 3 is 2.65 bits per heavy atom. The van der Waals surface area contributed by atoms with Gasteiger partial charge in [0.15, 0.2) is 0 Å². The lowest BCUT2D eigenvalue weighted by molar-refractivity contribution is 0.0606. The lowest BCUT2D eigenvalue weighted by atomic mass is 10.1. The number of tetrazole rings is 1. The first-order chi connectivity index (χ1) is 16.8. The molecule has 2 aromatic heterocycles. The Balaban J connectivity index is 1.14. The van der Waals surface area contributed by atoms with Crippen LogP contribution in [0.5, 0.6) is 11.8 Å². The minimum atomic E-state index is -0.310. The molecule has 2 saturated heterocycles. The van der Waals surface area contributed by atoms with E-state index < -0.39 is 0 Å². The van der Waals surface area contributed by atoms with Gasteiger partial charge in [0.25, 0.3) is 5.91 Å². The Labute approximate surface area is 194 Å². The normalized spacial score (nSPS) is 23.5. The van der Waals surface area contributed by atoms with Crippen molar-refractivity contribution in [3.63, 3.8) is 0 Å². The highest BCUT2D eigenvalue weighted by atomic mass is 16.6. The zero-order chi connectivity index (χ0) is 22.9. The summed E-state index contributed by atoms with van der Waals surface area (Å²) in [5, 5.41) is 15.0. The molecule has 2 aliphatic heterocycles. The number of nitrogens with one attached hydrogen (secondary N) is 1. The maximum Gasteiger partial charge on any atom is 0.341 e. The van der Waals surface area contributed by atoms with Crippen LogP contribution in [0.25, 0.3) is 5.69 Å². The van der Waals surface area contributed by atoms with Gasteiger partial charge in [-0.2, -0.15) is 4.68 Å². The van der Waals surface area contributed by atoms with Crippen molar-refractivity contribution in [1.82, 2.24) is 35.1 Å². The van der Waals surface area contributed by atoms with Crippen molar-refractivity contribution < 1.29 is 19.0 Å². The van der Waals surface area contributed by atoms with E-state index in [-0.39, 0.29) is 36.2 Å². The van der Waals surface area contributed by atoms with E-state index in [4.69, 9.17) is 14.2 Å². The lowest BCUT2D eigenvalue weighted by Gasteiger charge is -2.18. The predicted molar refractivity (Wildman–Crippen MR) is 118 cm³/mol. The maximum atomic E-state index is 12.6. The maximum absolute atomic E-state index is 12.6. The van der Waals surface area contributed by atoms with Crippen molar-refractivity contribution in [3.8, 4) is 17.4 Å². The summed E-state index contributed by atoms with van der Waals surface area (Å²) in [6, 6.07) is 16.3. The lowest BCUT2D eigenvalue weighted by Crippen LogP contribution is -2.44. The molecule has 172 valence electrons. The van der Waals surface area contributed by atoms with Gasteiger partial charge in [0, 0.05) is 23.6 Å². The highest BCUT2D eigenvalue weighted by Crippen LogP contribution is 2.36. The molecule has 0 saturated carbocycles. The SMILES string of the molecule is O=C(N[C@@H]1CO[C@@H]2[C@@H]1OC[C@@H]2n1nnnc1Oc1ccc(-n2ccnc2)cc1)c1ccccc1. The molecule has 11 nitrogen and oxygen atoms in total. The average Bonchev–Trinajstić information content (AvgIpc) is 3.67. The summed E-state index contributed by atoms with van der Waals surface area (Å²) in [5.74, 6) is 0.434. The zero-order valence-corrected chi connectivity index (χ0v) is 18.0. The minimum absolute atomic E-state index is 0.160. The summed E-state index contributed by atoms with van der Waals surface area (Å²) in [4.78, 5) is 16.6. The van der Waals surface area contributed by atoms with Gasteiger partial charge in [-0.3, -0.25) is 4.79 Å². The smallest absolute Gasteiger partial charge is 0.341 e. The van der Waals surface area contributed by atoms with Crippen LogP contribution in [0.1, 0.15) is 16.4 Å². The number of benzene rings is 2. The van der Waals surface area contributed by atoms with E-state index in [9.17, 15) is 4.79 Å². The van der Waals surface area contributed by atoms with Gasteiger partial charge in [-0.1, -0.05) is 23.3 Å². The standard InChI is InChI=1S/C23H21N7O4/c31-22(15-4-2-1-3-5-15)25-18-12-32-21-19(13-33-20(18)21)30-23(26-27-28-30)34-17-8-6-16(7-9-17)29-11-10-24-14-29/h1-11,14,18-21H,12-13H2,(H,25,31)/t18-,19+,20-,21+/m1/s1. The zero-order valence-electron chi connectivity index (χ0n) is 18.0.